The van der Waals surface area contributed by atoms with Crippen LogP contribution in [0.25, 0.3) is 0 Å². The van der Waals surface area contributed by atoms with Gasteiger partial charge in [0.25, 0.3) is 5.91 Å². The van der Waals surface area contributed by atoms with Crippen molar-refractivity contribution < 1.29 is 14.7 Å². The number of hydrogen-bond donors (Lipinski definition) is 2. The highest BCUT2D eigenvalue weighted by molar-refractivity contribution is 5.86. The van der Waals surface area contributed by atoms with E-state index in [4.69, 9.17) is 0 Å². The summed E-state index contributed by atoms with van der Waals surface area (Å²) in [6.45, 7) is 1.97. The Hall–Kier alpha value is -1.10. The molecule has 5 heteroatoms. The predicted octanol–water partition coefficient (Wildman–Crippen LogP) is 0.0301. The summed E-state index contributed by atoms with van der Waals surface area (Å²) in [4.78, 5) is 25.5. The number of carbonyl (C=O) groups excluding carboxylic acids is 2. The average molecular weight is 252 g/mol. The molecule has 2 N–H and O–H groups in total. The molecule has 2 aliphatic heterocycles. The Bertz CT molecular complexity index is 390. The monoisotopic (exact) mass is 252 g/mol. The van der Waals surface area contributed by atoms with Gasteiger partial charge in [-0.3, -0.25) is 9.59 Å². The zero-order valence-corrected chi connectivity index (χ0v) is 10.6. The lowest BCUT2D eigenvalue weighted by atomic mass is 9.86. The summed E-state index contributed by atoms with van der Waals surface area (Å²) in [5, 5.41) is 13.2. The molecule has 1 unspecified atom stereocenters. The number of carbonyl (C=O) groups is 2. The van der Waals surface area contributed by atoms with Crippen LogP contribution in [-0.2, 0) is 9.59 Å². The minimum atomic E-state index is -1.12. The number of aliphatic hydroxyl groups is 1. The third-order valence-corrected chi connectivity index (χ3v) is 4.75. The fourth-order valence-corrected chi connectivity index (χ4v) is 3.62. The summed E-state index contributed by atoms with van der Waals surface area (Å²) in [5.41, 5.74) is -1.19. The summed E-state index contributed by atoms with van der Waals surface area (Å²) in [5.74, 6) is -0.0277. The van der Waals surface area contributed by atoms with Crippen LogP contribution < -0.4 is 5.32 Å². The van der Waals surface area contributed by atoms with Crippen LogP contribution in [-0.4, -0.2) is 47.1 Å². The van der Waals surface area contributed by atoms with E-state index in [0.717, 1.165) is 19.3 Å². The number of nitrogens with zero attached hydrogens (tertiary/aromatic N) is 1. The number of nitrogens with one attached hydrogen (secondary N) is 1. The Kier molecular flexibility index (Phi) is 2.62. The van der Waals surface area contributed by atoms with Crippen LogP contribution in [0.15, 0.2) is 0 Å². The van der Waals surface area contributed by atoms with Gasteiger partial charge in [0.2, 0.25) is 5.91 Å². The van der Waals surface area contributed by atoms with Crippen molar-refractivity contribution in [3.8, 4) is 0 Å². The first kappa shape index (κ1) is 12.0. The van der Waals surface area contributed by atoms with Crippen molar-refractivity contribution >= 4 is 11.8 Å². The summed E-state index contributed by atoms with van der Waals surface area (Å²) in [6.07, 6.45) is 4.43. The molecule has 2 heterocycles. The van der Waals surface area contributed by atoms with E-state index in [1.165, 1.54) is 0 Å². The SMILES string of the molecule is O=C1CC2(CCN(C(=O)C3(O)CCCC3)C2)CN1. The molecule has 3 rings (SSSR count). The van der Waals surface area contributed by atoms with Crippen molar-refractivity contribution in [1.29, 1.82) is 0 Å². The normalized spacial score (nSPS) is 34.3. The van der Waals surface area contributed by atoms with Gasteiger partial charge in [0, 0.05) is 31.5 Å². The molecule has 2 saturated heterocycles. The van der Waals surface area contributed by atoms with E-state index in [0.29, 0.717) is 38.9 Å². The Morgan fingerprint density at radius 1 is 1.28 bits per heavy atom. The molecular weight excluding hydrogens is 232 g/mol. The van der Waals surface area contributed by atoms with Crippen molar-refractivity contribution in [2.75, 3.05) is 19.6 Å². The summed E-state index contributed by atoms with van der Waals surface area (Å²) in [7, 11) is 0. The molecule has 1 saturated carbocycles. The smallest absolute Gasteiger partial charge is 0.254 e. The number of hydrogen-bond acceptors (Lipinski definition) is 3. The third-order valence-electron chi connectivity index (χ3n) is 4.75. The molecule has 2 amide bonds. The Balaban J connectivity index is 1.69. The van der Waals surface area contributed by atoms with Gasteiger partial charge in [-0.05, 0) is 32.1 Å². The average Bonchev–Trinajstić information content (AvgIpc) is 3.02. The second-order valence-corrected chi connectivity index (χ2v) is 6.17. The van der Waals surface area contributed by atoms with Crippen molar-refractivity contribution in [3.05, 3.63) is 0 Å². The fourth-order valence-electron chi connectivity index (χ4n) is 3.62. The van der Waals surface area contributed by atoms with Gasteiger partial charge in [-0.2, -0.15) is 0 Å². The van der Waals surface area contributed by atoms with Crippen LogP contribution in [0.4, 0.5) is 0 Å². The molecule has 0 aromatic heterocycles. The number of amides is 2. The third kappa shape index (κ3) is 1.81. The van der Waals surface area contributed by atoms with Crippen molar-refractivity contribution in [1.82, 2.24) is 10.2 Å². The van der Waals surface area contributed by atoms with Crippen molar-refractivity contribution in [3.63, 3.8) is 0 Å². The molecule has 1 spiro atoms. The number of likely N-dealkylation sites (tertiary alicyclic amines) is 1. The predicted molar refractivity (Wildman–Crippen MR) is 64.7 cm³/mol. The van der Waals surface area contributed by atoms with Crippen molar-refractivity contribution in [2.24, 2.45) is 5.41 Å². The highest BCUT2D eigenvalue weighted by atomic mass is 16.3. The molecule has 0 aromatic rings. The van der Waals surface area contributed by atoms with Crippen LogP contribution >= 0.6 is 0 Å². The summed E-state index contributed by atoms with van der Waals surface area (Å²) < 4.78 is 0. The van der Waals surface area contributed by atoms with E-state index in [-0.39, 0.29) is 17.2 Å². The lowest BCUT2D eigenvalue weighted by molar-refractivity contribution is -0.150. The Morgan fingerprint density at radius 2 is 2.00 bits per heavy atom. The van der Waals surface area contributed by atoms with Crippen LogP contribution in [0, 0.1) is 5.41 Å². The first-order chi connectivity index (χ1) is 8.53. The quantitative estimate of drug-likeness (QED) is 0.692. The molecule has 1 atom stereocenters. The second kappa shape index (κ2) is 3.95. The van der Waals surface area contributed by atoms with Gasteiger partial charge >= 0.3 is 0 Å². The van der Waals surface area contributed by atoms with E-state index >= 15 is 0 Å². The number of rotatable bonds is 1. The zero-order chi connectivity index (χ0) is 12.8. The minimum Gasteiger partial charge on any atom is -0.380 e. The largest absolute Gasteiger partial charge is 0.380 e. The molecular formula is C13H20N2O3. The highest BCUT2D eigenvalue weighted by Crippen LogP contribution is 2.39. The topological polar surface area (TPSA) is 69.6 Å². The molecule has 5 nitrogen and oxygen atoms in total. The lowest BCUT2D eigenvalue weighted by Crippen LogP contribution is -2.47. The van der Waals surface area contributed by atoms with Gasteiger partial charge in [-0.1, -0.05) is 0 Å². The summed E-state index contributed by atoms with van der Waals surface area (Å²) >= 11 is 0. The molecule has 100 valence electrons. The van der Waals surface area contributed by atoms with Gasteiger partial charge in [-0.15, -0.1) is 0 Å². The molecule has 18 heavy (non-hydrogen) atoms. The maximum atomic E-state index is 12.4. The molecule has 0 radical (unpaired) electrons. The first-order valence-electron chi connectivity index (χ1n) is 6.82. The van der Waals surface area contributed by atoms with E-state index in [1.54, 1.807) is 4.90 Å². The van der Waals surface area contributed by atoms with Gasteiger partial charge in [-0.25, -0.2) is 0 Å². The maximum Gasteiger partial charge on any atom is 0.254 e. The Labute approximate surface area is 107 Å². The van der Waals surface area contributed by atoms with E-state index in [9.17, 15) is 14.7 Å². The zero-order valence-electron chi connectivity index (χ0n) is 10.6. The highest BCUT2D eigenvalue weighted by Gasteiger charge is 2.49. The maximum absolute atomic E-state index is 12.4. The van der Waals surface area contributed by atoms with Gasteiger partial charge in [0.05, 0.1) is 0 Å². The fraction of sp³-hybridized carbons (Fsp3) is 0.846. The van der Waals surface area contributed by atoms with Crippen LogP contribution in [0.5, 0.6) is 0 Å². The van der Waals surface area contributed by atoms with Gasteiger partial charge in [0.15, 0.2) is 0 Å². The molecule has 0 aromatic carbocycles. The molecule has 1 aliphatic carbocycles. The van der Waals surface area contributed by atoms with Crippen LogP contribution in [0.3, 0.4) is 0 Å². The van der Waals surface area contributed by atoms with Gasteiger partial charge in [0.1, 0.15) is 5.60 Å². The molecule has 3 fully saturated rings. The minimum absolute atomic E-state index is 0.0678. The lowest BCUT2D eigenvalue weighted by Gasteiger charge is -2.29. The van der Waals surface area contributed by atoms with Crippen LogP contribution in [0.1, 0.15) is 38.5 Å². The van der Waals surface area contributed by atoms with Gasteiger partial charge < -0.3 is 15.3 Å². The first-order valence-corrected chi connectivity index (χ1v) is 6.82. The standard InChI is InChI=1S/C13H20N2O3/c16-10-7-12(8-14-10)5-6-15(9-12)11(17)13(18)3-1-2-4-13/h18H,1-9H2,(H,14,16). The molecule has 0 bridgehead atoms. The molecule has 3 aliphatic rings. The van der Waals surface area contributed by atoms with E-state index in [1.807, 2.05) is 0 Å². The Morgan fingerprint density at radius 3 is 2.61 bits per heavy atom. The second-order valence-electron chi connectivity index (χ2n) is 6.17. The summed E-state index contributed by atoms with van der Waals surface area (Å²) in [6, 6.07) is 0. The van der Waals surface area contributed by atoms with E-state index in [2.05, 4.69) is 5.32 Å². The van der Waals surface area contributed by atoms with Crippen molar-refractivity contribution in [2.45, 2.75) is 44.1 Å². The van der Waals surface area contributed by atoms with E-state index < -0.39 is 5.60 Å². The van der Waals surface area contributed by atoms with Crippen LogP contribution in [0.2, 0.25) is 0 Å².